The number of anilines is 2. The number of fused-ring (bicyclic) bond motifs is 1. The van der Waals surface area contributed by atoms with Crippen LogP contribution in [0.15, 0.2) is 11.8 Å². The second kappa shape index (κ2) is 8.80. The van der Waals surface area contributed by atoms with Crippen molar-refractivity contribution in [3.63, 3.8) is 0 Å². The van der Waals surface area contributed by atoms with Gasteiger partial charge in [-0.25, -0.2) is 17.7 Å². The lowest BCUT2D eigenvalue weighted by molar-refractivity contribution is 0.151. The summed E-state index contributed by atoms with van der Waals surface area (Å²) in [5.41, 5.74) is 2.30. The second-order valence-corrected chi connectivity index (χ2v) is 11.0. The van der Waals surface area contributed by atoms with Crippen LogP contribution in [0.25, 0.3) is 6.08 Å². The number of aliphatic hydroxyl groups excluding tert-OH is 1. The summed E-state index contributed by atoms with van der Waals surface area (Å²) in [6, 6.07) is 0.445. The summed E-state index contributed by atoms with van der Waals surface area (Å²) in [6.07, 6.45) is 11.5. The van der Waals surface area contributed by atoms with Gasteiger partial charge in [0.1, 0.15) is 5.82 Å². The van der Waals surface area contributed by atoms with Gasteiger partial charge >= 0.3 is 0 Å². The van der Waals surface area contributed by atoms with E-state index in [1.807, 2.05) is 6.20 Å². The first kappa shape index (κ1) is 21.5. The molecule has 2 fully saturated rings. The summed E-state index contributed by atoms with van der Waals surface area (Å²) in [5, 5.41) is 13.7. The third-order valence-electron chi connectivity index (χ3n) is 6.46. The molecule has 2 N–H and O–H groups in total. The molecule has 8 nitrogen and oxygen atoms in total. The molecule has 2 unspecified atom stereocenters. The Labute approximate surface area is 179 Å². The van der Waals surface area contributed by atoms with Gasteiger partial charge in [-0.2, -0.15) is 4.98 Å². The number of hydrogen-bond donors (Lipinski definition) is 2. The Morgan fingerprint density at radius 2 is 1.90 bits per heavy atom. The van der Waals surface area contributed by atoms with Crippen LogP contribution in [0.1, 0.15) is 57.4 Å². The van der Waals surface area contributed by atoms with E-state index in [-0.39, 0.29) is 18.2 Å². The molecule has 2 atom stereocenters. The molecule has 2 aliphatic heterocycles. The quantitative estimate of drug-likeness (QED) is 0.700. The highest BCUT2D eigenvalue weighted by Crippen LogP contribution is 2.33. The molecule has 1 aromatic rings. The Hall–Kier alpha value is -1.71. The van der Waals surface area contributed by atoms with Crippen molar-refractivity contribution in [1.82, 2.24) is 14.3 Å². The molecule has 0 spiro atoms. The van der Waals surface area contributed by atoms with E-state index in [1.54, 1.807) is 0 Å². The van der Waals surface area contributed by atoms with Gasteiger partial charge in [0, 0.05) is 43.5 Å². The maximum atomic E-state index is 11.7. The lowest BCUT2D eigenvalue weighted by Gasteiger charge is -2.37. The van der Waals surface area contributed by atoms with E-state index in [9.17, 15) is 13.5 Å². The summed E-state index contributed by atoms with van der Waals surface area (Å²) in [6.45, 7) is 4.00. The van der Waals surface area contributed by atoms with Crippen LogP contribution in [-0.4, -0.2) is 71.9 Å². The van der Waals surface area contributed by atoms with E-state index in [0.29, 0.717) is 19.0 Å². The number of aromatic nitrogens is 2. The summed E-state index contributed by atoms with van der Waals surface area (Å²) >= 11 is 0. The third kappa shape index (κ3) is 4.95. The minimum absolute atomic E-state index is 0.162. The molecule has 0 amide bonds. The molecule has 1 saturated heterocycles. The van der Waals surface area contributed by atoms with Gasteiger partial charge in [0.25, 0.3) is 0 Å². The Morgan fingerprint density at radius 3 is 2.63 bits per heavy atom. The Bertz CT molecular complexity index is 896. The first-order chi connectivity index (χ1) is 14.3. The summed E-state index contributed by atoms with van der Waals surface area (Å²) < 4.78 is 25.0. The molecule has 30 heavy (non-hydrogen) atoms. The van der Waals surface area contributed by atoms with Crippen molar-refractivity contribution in [3.05, 3.63) is 17.3 Å². The van der Waals surface area contributed by atoms with Gasteiger partial charge in [0.2, 0.25) is 16.0 Å². The van der Waals surface area contributed by atoms with Crippen LogP contribution in [0.3, 0.4) is 0 Å². The summed E-state index contributed by atoms with van der Waals surface area (Å²) in [4.78, 5) is 11.7. The van der Waals surface area contributed by atoms with E-state index < -0.39 is 10.0 Å². The molecule has 9 heteroatoms. The molecular weight excluding hydrogens is 402 g/mol. The molecular formula is C21H33N5O3S. The van der Waals surface area contributed by atoms with Crippen molar-refractivity contribution >= 4 is 27.9 Å². The highest BCUT2D eigenvalue weighted by atomic mass is 32.2. The van der Waals surface area contributed by atoms with Crippen LogP contribution in [0, 0.1) is 0 Å². The Balaban J connectivity index is 1.50. The molecule has 3 heterocycles. The van der Waals surface area contributed by atoms with Gasteiger partial charge in [-0.3, -0.25) is 0 Å². The summed E-state index contributed by atoms with van der Waals surface area (Å²) in [5.74, 6) is 1.53. The third-order valence-corrected chi connectivity index (χ3v) is 7.76. The zero-order chi connectivity index (χ0) is 21.3. The minimum Gasteiger partial charge on any atom is -0.393 e. The van der Waals surface area contributed by atoms with Gasteiger partial charge in [-0.05, 0) is 45.1 Å². The average molecular weight is 436 g/mol. The Morgan fingerprint density at radius 1 is 1.17 bits per heavy atom. The molecule has 0 radical (unpaired) electrons. The molecule has 0 bridgehead atoms. The molecule has 4 rings (SSSR count). The van der Waals surface area contributed by atoms with E-state index in [0.717, 1.165) is 62.9 Å². The zero-order valence-electron chi connectivity index (χ0n) is 17.9. The van der Waals surface area contributed by atoms with Crippen LogP contribution >= 0.6 is 0 Å². The van der Waals surface area contributed by atoms with Crippen LogP contribution in [0.5, 0.6) is 0 Å². The second-order valence-electron chi connectivity index (χ2n) is 9.00. The van der Waals surface area contributed by atoms with Crippen molar-refractivity contribution < 1.29 is 13.5 Å². The number of hydrogen-bond acceptors (Lipinski definition) is 7. The molecule has 1 saturated carbocycles. The first-order valence-electron chi connectivity index (χ1n) is 11.0. The van der Waals surface area contributed by atoms with Gasteiger partial charge < -0.3 is 15.3 Å². The van der Waals surface area contributed by atoms with Crippen molar-refractivity contribution in [1.29, 1.82) is 0 Å². The molecule has 0 aromatic carbocycles. The fourth-order valence-electron chi connectivity index (χ4n) is 4.85. The van der Waals surface area contributed by atoms with E-state index in [4.69, 9.17) is 4.98 Å². The highest BCUT2D eigenvalue weighted by Gasteiger charge is 2.30. The maximum Gasteiger partial charge on any atom is 0.224 e. The van der Waals surface area contributed by atoms with Gasteiger partial charge in [-0.15, -0.1) is 0 Å². The topological polar surface area (TPSA) is 98.7 Å². The van der Waals surface area contributed by atoms with Gasteiger partial charge in [0.15, 0.2) is 0 Å². The van der Waals surface area contributed by atoms with Crippen molar-refractivity contribution in [2.75, 3.05) is 36.1 Å². The SMILES string of the molecule is CC1=Cc2cnc(NC3CCN(S(C)(=O)=O)CC3)nc2N(C2CCCCC(O)C2)C1. The highest BCUT2D eigenvalue weighted by molar-refractivity contribution is 7.88. The van der Waals surface area contributed by atoms with Gasteiger partial charge in [-0.1, -0.05) is 18.4 Å². The number of sulfonamides is 1. The van der Waals surface area contributed by atoms with Crippen molar-refractivity contribution in [2.24, 2.45) is 0 Å². The summed E-state index contributed by atoms with van der Waals surface area (Å²) in [7, 11) is -3.13. The van der Waals surface area contributed by atoms with Crippen molar-refractivity contribution in [2.45, 2.75) is 70.1 Å². The predicted octanol–water partition coefficient (Wildman–Crippen LogP) is 2.23. The zero-order valence-corrected chi connectivity index (χ0v) is 18.7. The van der Waals surface area contributed by atoms with Crippen molar-refractivity contribution in [3.8, 4) is 0 Å². The monoisotopic (exact) mass is 435 g/mol. The minimum atomic E-state index is -3.13. The van der Waals surface area contributed by atoms with Crippen LogP contribution < -0.4 is 10.2 Å². The fraction of sp³-hybridized carbons (Fsp3) is 0.714. The van der Waals surface area contributed by atoms with Crippen LogP contribution in [-0.2, 0) is 10.0 Å². The lowest BCUT2D eigenvalue weighted by Crippen LogP contribution is -2.42. The number of nitrogens with zero attached hydrogens (tertiary/aromatic N) is 4. The van der Waals surface area contributed by atoms with E-state index in [1.165, 1.54) is 16.1 Å². The molecule has 1 aliphatic carbocycles. The number of nitrogens with one attached hydrogen (secondary N) is 1. The maximum absolute atomic E-state index is 11.7. The Kier molecular flexibility index (Phi) is 6.31. The molecule has 166 valence electrons. The van der Waals surface area contributed by atoms with Crippen LogP contribution in [0.2, 0.25) is 0 Å². The standard InChI is InChI=1S/C21H33N5O3S/c1-15-11-16-13-22-21(23-17-7-9-25(10-8-17)30(2,28)29)24-20(16)26(14-15)18-5-3-4-6-19(27)12-18/h11,13,17-19,27H,3-10,12,14H2,1-2H3,(H,22,23,24). The van der Waals surface area contributed by atoms with Gasteiger partial charge in [0.05, 0.1) is 12.4 Å². The fourth-order valence-corrected chi connectivity index (χ4v) is 5.72. The normalized spacial score (nSPS) is 26.6. The molecule has 3 aliphatic rings. The number of piperidine rings is 1. The first-order valence-corrected chi connectivity index (χ1v) is 12.8. The largest absolute Gasteiger partial charge is 0.393 e. The average Bonchev–Trinajstić information content (AvgIpc) is 2.92. The lowest BCUT2D eigenvalue weighted by atomic mass is 10.0. The number of aliphatic hydroxyl groups is 1. The smallest absolute Gasteiger partial charge is 0.224 e. The number of rotatable bonds is 4. The molecule has 1 aromatic heterocycles. The predicted molar refractivity (Wildman–Crippen MR) is 119 cm³/mol. The van der Waals surface area contributed by atoms with E-state index >= 15 is 0 Å². The van der Waals surface area contributed by atoms with E-state index in [2.05, 4.69) is 28.2 Å². The van der Waals surface area contributed by atoms with Crippen LogP contribution in [0.4, 0.5) is 11.8 Å².